The van der Waals surface area contributed by atoms with Crippen LogP contribution in [0.1, 0.15) is 44.9 Å². The molecule has 3 fully saturated rings. The molecule has 134 valence electrons. The summed E-state index contributed by atoms with van der Waals surface area (Å²) in [6, 6.07) is 4.05. The summed E-state index contributed by atoms with van der Waals surface area (Å²) in [4.78, 5) is 30.9. The minimum Gasteiger partial charge on any atom is -0.335 e. The average Bonchev–Trinajstić information content (AvgIpc) is 3.17. The van der Waals surface area contributed by atoms with Gasteiger partial charge in [0.2, 0.25) is 5.91 Å². The Morgan fingerprint density at radius 3 is 2.84 bits per heavy atom. The number of anilines is 1. The van der Waals surface area contributed by atoms with Crippen molar-refractivity contribution in [3.05, 3.63) is 24.5 Å². The fourth-order valence-corrected chi connectivity index (χ4v) is 4.42. The summed E-state index contributed by atoms with van der Waals surface area (Å²) in [7, 11) is 0. The van der Waals surface area contributed by atoms with Crippen molar-refractivity contribution in [1.29, 1.82) is 0 Å². The van der Waals surface area contributed by atoms with Gasteiger partial charge in [-0.2, -0.15) is 0 Å². The van der Waals surface area contributed by atoms with Crippen LogP contribution in [0.25, 0.3) is 0 Å². The van der Waals surface area contributed by atoms with Crippen LogP contribution in [0.5, 0.6) is 0 Å². The third-order valence-electron chi connectivity index (χ3n) is 6.04. The molecule has 25 heavy (non-hydrogen) atoms. The molecule has 0 bridgehead atoms. The topological polar surface area (TPSA) is 74.3 Å². The smallest absolute Gasteiger partial charge is 0.317 e. The molecule has 1 aliphatic heterocycles. The number of nitrogens with one attached hydrogen (secondary N) is 2. The number of nitrogens with zero attached hydrogens (tertiary/aromatic N) is 2. The average molecular weight is 342 g/mol. The van der Waals surface area contributed by atoms with Gasteiger partial charge < -0.3 is 15.5 Å². The van der Waals surface area contributed by atoms with E-state index in [4.69, 9.17) is 0 Å². The Kier molecular flexibility index (Phi) is 4.36. The first-order chi connectivity index (χ1) is 12.2. The molecule has 3 amide bonds. The normalized spacial score (nSPS) is 28.8. The molecule has 2 saturated carbocycles. The van der Waals surface area contributed by atoms with Crippen molar-refractivity contribution in [2.75, 3.05) is 18.4 Å². The van der Waals surface area contributed by atoms with Gasteiger partial charge in [0.05, 0.1) is 11.9 Å². The van der Waals surface area contributed by atoms with Crippen LogP contribution in [0.15, 0.2) is 24.5 Å². The van der Waals surface area contributed by atoms with Crippen LogP contribution >= 0.6 is 0 Å². The van der Waals surface area contributed by atoms with Crippen LogP contribution in [-0.4, -0.2) is 41.0 Å². The summed E-state index contributed by atoms with van der Waals surface area (Å²) in [6.07, 6.45) is 11.1. The summed E-state index contributed by atoms with van der Waals surface area (Å²) in [5.41, 5.74) is 0.732. The Hall–Kier alpha value is -2.11. The van der Waals surface area contributed by atoms with Crippen molar-refractivity contribution in [3.8, 4) is 0 Å². The zero-order chi connectivity index (χ0) is 17.3. The number of hydrogen-bond acceptors (Lipinski definition) is 3. The minimum atomic E-state index is -0.00377. The van der Waals surface area contributed by atoms with Gasteiger partial charge in [-0.3, -0.25) is 9.78 Å². The first-order valence-electron chi connectivity index (χ1n) is 9.43. The Morgan fingerprint density at radius 1 is 1.24 bits per heavy atom. The highest BCUT2D eigenvalue weighted by Crippen LogP contribution is 2.58. The van der Waals surface area contributed by atoms with Gasteiger partial charge in [-0.15, -0.1) is 0 Å². The molecule has 1 aromatic heterocycles. The van der Waals surface area contributed by atoms with Crippen LogP contribution in [0.2, 0.25) is 0 Å². The quantitative estimate of drug-likeness (QED) is 0.887. The first kappa shape index (κ1) is 16.4. The second-order valence-electron chi connectivity index (χ2n) is 7.81. The van der Waals surface area contributed by atoms with Gasteiger partial charge in [0, 0.05) is 36.7 Å². The predicted molar refractivity (Wildman–Crippen MR) is 95.0 cm³/mol. The number of likely N-dealkylation sites (tertiary alicyclic amines) is 1. The summed E-state index contributed by atoms with van der Waals surface area (Å²) < 4.78 is 0. The van der Waals surface area contributed by atoms with Crippen molar-refractivity contribution < 1.29 is 9.59 Å². The van der Waals surface area contributed by atoms with Crippen molar-refractivity contribution in [1.82, 2.24) is 15.2 Å². The maximum absolute atomic E-state index is 12.5. The van der Waals surface area contributed by atoms with Crippen molar-refractivity contribution in [2.45, 2.75) is 51.0 Å². The van der Waals surface area contributed by atoms with E-state index in [1.54, 1.807) is 12.4 Å². The molecule has 1 spiro atoms. The molecule has 0 unspecified atom stereocenters. The van der Waals surface area contributed by atoms with E-state index < -0.39 is 0 Å². The lowest BCUT2D eigenvalue weighted by Gasteiger charge is -2.26. The highest BCUT2D eigenvalue weighted by atomic mass is 16.2. The lowest BCUT2D eigenvalue weighted by atomic mass is 9.96. The largest absolute Gasteiger partial charge is 0.335 e. The predicted octanol–water partition coefficient (Wildman–Crippen LogP) is 2.77. The number of urea groups is 1. The van der Waals surface area contributed by atoms with Gasteiger partial charge in [-0.25, -0.2) is 4.79 Å². The molecule has 2 aliphatic carbocycles. The molecule has 2 atom stereocenters. The number of amides is 3. The maximum Gasteiger partial charge on any atom is 0.317 e. The van der Waals surface area contributed by atoms with Gasteiger partial charge in [0.25, 0.3) is 0 Å². The van der Waals surface area contributed by atoms with Crippen LogP contribution < -0.4 is 10.6 Å². The molecular weight excluding hydrogens is 316 g/mol. The monoisotopic (exact) mass is 342 g/mol. The molecule has 0 radical (unpaired) electrons. The standard InChI is InChI=1S/C19H26N4O2/c24-17(21-15-7-4-9-20-12-15)16-11-19(16)8-10-23(13-19)18(25)22-14-5-2-1-3-6-14/h4,7,9,12,14,16H,1-3,5-6,8,10-11,13H2,(H,21,24)(H,22,25)/t16-,19-/m1/s1. The lowest BCUT2D eigenvalue weighted by Crippen LogP contribution is -2.44. The molecule has 2 heterocycles. The second kappa shape index (κ2) is 6.65. The minimum absolute atomic E-state index is 0.00377. The highest BCUT2D eigenvalue weighted by Gasteiger charge is 2.61. The number of pyridine rings is 1. The van der Waals surface area contributed by atoms with E-state index in [9.17, 15) is 9.59 Å². The Bertz CT molecular complexity index is 644. The van der Waals surface area contributed by atoms with Crippen LogP contribution in [0, 0.1) is 11.3 Å². The van der Waals surface area contributed by atoms with E-state index in [1.165, 1.54) is 19.3 Å². The van der Waals surface area contributed by atoms with Crippen molar-refractivity contribution in [3.63, 3.8) is 0 Å². The fraction of sp³-hybridized carbons (Fsp3) is 0.632. The molecule has 2 N–H and O–H groups in total. The van der Waals surface area contributed by atoms with Crippen molar-refractivity contribution >= 4 is 17.6 Å². The van der Waals surface area contributed by atoms with Gasteiger partial charge in [-0.05, 0) is 37.8 Å². The second-order valence-corrected chi connectivity index (χ2v) is 7.81. The van der Waals surface area contributed by atoms with Gasteiger partial charge in [0.15, 0.2) is 0 Å². The number of aromatic nitrogens is 1. The molecule has 3 aliphatic rings. The zero-order valence-corrected chi connectivity index (χ0v) is 14.5. The number of hydrogen-bond donors (Lipinski definition) is 2. The van der Waals surface area contributed by atoms with E-state index in [0.29, 0.717) is 12.6 Å². The van der Waals surface area contributed by atoms with E-state index >= 15 is 0 Å². The first-order valence-corrected chi connectivity index (χ1v) is 9.43. The highest BCUT2D eigenvalue weighted by molar-refractivity contribution is 5.95. The number of rotatable bonds is 3. The Morgan fingerprint density at radius 2 is 2.08 bits per heavy atom. The Labute approximate surface area is 148 Å². The number of carbonyl (C=O) groups is 2. The number of carbonyl (C=O) groups excluding carboxylic acids is 2. The molecule has 6 heteroatoms. The molecule has 4 rings (SSSR count). The van der Waals surface area contributed by atoms with E-state index in [-0.39, 0.29) is 23.3 Å². The maximum atomic E-state index is 12.5. The van der Waals surface area contributed by atoms with Gasteiger partial charge in [-0.1, -0.05) is 19.3 Å². The van der Waals surface area contributed by atoms with Crippen molar-refractivity contribution in [2.24, 2.45) is 11.3 Å². The summed E-state index contributed by atoms with van der Waals surface area (Å²) in [6.45, 7) is 1.46. The van der Waals surface area contributed by atoms with Crippen LogP contribution in [0.3, 0.4) is 0 Å². The summed E-state index contributed by atoms with van der Waals surface area (Å²) in [5, 5.41) is 6.13. The summed E-state index contributed by atoms with van der Waals surface area (Å²) in [5.74, 6) is 0.0720. The molecule has 6 nitrogen and oxygen atoms in total. The SMILES string of the molecule is O=C(Nc1cccnc1)[C@H]1C[C@@]12CCN(C(=O)NC1CCCCC1)C2. The zero-order valence-electron chi connectivity index (χ0n) is 14.5. The molecule has 1 saturated heterocycles. The third-order valence-corrected chi connectivity index (χ3v) is 6.04. The van der Waals surface area contributed by atoms with E-state index in [1.807, 2.05) is 17.0 Å². The molecule has 1 aromatic rings. The summed E-state index contributed by atoms with van der Waals surface area (Å²) >= 11 is 0. The molecule has 0 aromatic carbocycles. The molecular formula is C19H26N4O2. The van der Waals surface area contributed by atoms with E-state index in [2.05, 4.69) is 15.6 Å². The van der Waals surface area contributed by atoms with Crippen LogP contribution in [0.4, 0.5) is 10.5 Å². The fourth-order valence-electron chi connectivity index (χ4n) is 4.42. The van der Waals surface area contributed by atoms with E-state index in [0.717, 1.165) is 37.9 Å². The lowest BCUT2D eigenvalue weighted by molar-refractivity contribution is -0.118. The Balaban J connectivity index is 1.29. The van der Waals surface area contributed by atoms with Crippen LogP contribution in [-0.2, 0) is 4.79 Å². The van der Waals surface area contributed by atoms with Gasteiger partial charge >= 0.3 is 6.03 Å². The third kappa shape index (κ3) is 3.48. The van der Waals surface area contributed by atoms with Gasteiger partial charge in [0.1, 0.15) is 0 Å².